The number of amides is 2. The van der Waals surface area contributed by atoms with Gasteiger partial charge >= 0.3 is 6.18 Å². The lowest BCUT2D eigenvalue weighted by Gasteiger charge is -2.16. The molecular formula is C18H18F4N4O3. The molecule has 1 N–H and O–H groups in total. The van der Waals surface area contributed by atoms with Crippen LogP contribution in [0.15, 0.2) is 24.3 Å². The third kappa shape index (κ3) is 3.76. The number of benzene rings is 1. The first-order valence-electron chi connectivity index (χ1n) is 8.54. The van der Waals surface area contributed by atoms with Crippen LogP contribution in [0.5, 0.6) is 5.75 Å². The molecule has 0 unspecified atom stereocenters. The van der Waals surface area contributed by atoms with Gasteiger partial charge in [0.15, 0.2) is 11.6 Å². The van der Waals surface area contributed by atoms with Crippen molar-refractivity contribution in [3.63, 3.8) is 0 Å². The minimum absolute atomic E-state index is 0.00982. The molecule has 11 heteroatoms. The summed E-state index contributed by atoms with van der Waals surface area (Å²) in [6, 6.07) is 4.71. The van der Waals surface area contributed by atoms with Crippen molar-refractivity contribution in [2.24, 2.45) is 13.0 Å². The lowest BCUT2D eigenvalue weighted by Crippen LogP contribution is -2.33. The van der Waals surface area contributed by atoms with E-state index in [-0.39, 0.29) is 23.7 Å². The number of nitrogens with zero attached hydrogens (tertiary/aromatic N) is 3. The predicted octanol–water partition coefficient (Wildman–Crippen LogP) is 2.40. The molecule has 29 heavy (non-hydrogen) atoms. The van der Waals surface area contributed by atoms with Crippen molar-refractivity contribution >= 4 is 17.5 Å². The average Bonchev–Trinajstić information content (AvgIpc) is 3.15. The van der Waals surface area contributed by atoms with E-state index in [9.17, 15) is 27.2 Å². The van der Waals surface area contributed by atoms with E-state index >= 15 is 0 Å². The Bertz CT molecular complexity index is 957. The van der Waals surface area contributed by atoms with Crippen molar-refractivity contribution < 1.29 is 31.9 Å². The second kappa shape index (κ2) is 7.37. The number of likely N-dealkylation sites (N-methyl/N-ethyl adjacent to an activating group) is 1. The summed E-state index contributed by atoms with van der Waals surface area (Å²) in [6.07, 6.45) is -4.62. The molecule has 156 valence electrons. The van der Waals surface area contributed by atoms with Crippen LogP contribution in [0.2, 0.25) is 0 Å². The second-order valence-electron chi connectivity index (χ2n) is 6.69. The van der Waals surface area contributed by atoms with Crippen LogP contribution in [0.3, 0.4) is 0 Å². The zero-order valence-corrected chi connectivity index (χ0v) is 15.7. The lowest BCUT2D eigenvalue weighted by molar-refractivity contribution is -0.143. The number of alkyl halides is 3. The number of aromatic nitrogens is 2. The third-order valence-corrected chi connectivity index (χ3v) is 4.80. The van der Waals surface area contributed by atoms with Crippen molar-refractivity contribution in [1.29, 1.82) is 0 Å². The zero-order chi connectivity index (χ0) is 21.5. The predicted molar refractivity (Wildman–Crippen MR) is 93.7 cm³/mol. The molecule has 1 aromatic heterocycles. The Labute approximate surface area is 163 Å². The number of carbonyl (C=O) groups excluding carboxylic acids is 2. The molecule has 1 aliphatic rings. The Morgan fingerprint density at radius 1 is 1.31 bits per heavy atom. The molecule has 1 fully saturated rings. The van der Waals surface area contributed by atoms with Crippen molar-refractivity contribution in [3.05, 3.63) is 41.5 Å². The first-order valence-corrected chi connectivity index (χ1v) is 8.54. The molecule has 0 saturated carbocycles. The average molecular weight is 414 g/mol. The SMILES string of the molecule is COc1c(F)cccc1NC(=O)[C@H]1C(=O)N(C)C[C@@H]1c1cc(C(F)(F)F)n(C)n1. The molecule has 1 saturated heterocycles. The van der Waals surface area contributed by atoms with Crippen LogP contribution >= 0.6 is 0 Å². The van der Waals surface area contributed by atoms with Crippen LogP contribution < -0.4 is 10.1 Å². The number of rotatable bonds is 4. The number of para-hydroxylation sites is 1. The lowest BCUT2D eigenvalue weighted by atomic mass is 9.91. The first kappa shape index (κ1) is 20.6. The standard InChI is InChI=1S/C18H18F4N4O3/c1-25-8-9(12-7-13(18(20,21)22)26(2)24-12)14(17(25)28)16(27)23-11-6-4-5-10(19)15(11)29-3/h4-7,9,14H,8H2,1-3H3,(H,23,27)/t9-,14+/m1/s1. The van der Waals surface area contributed by atoms with Crippen molar-refractivity contribution in [2.75, 3.05) is 26.0 Å². The van der Waals surface area contributed by atoms with Crippen molar-refractivity contribution in [3.8, 4) is 5.75 Å². The molecule has 0 bridgehead atoms. The van der Waals surface area contributed by atoms with Gasteiger partial charge in [-0.15, -0.1) is 0 Å². The monoisotopic (exact) mass is 414 g/mol. The highest BCUT2D eigenvalue weighted by atomic mass is 19.4. The highest BCUT2D eigenvalue weighted by Crippen LogP contribution is 2.37. The maximum absolute atomic E-state index is 13.8. The van der Waals surface area contributed by atoms with E-state index in [1.54, 1.807) is 0 Å². The number of nitrogens with one attached hydrogen (secondary N) is 1. The number of hydrogen-bond acceptors (Lipinski definition) is 4. The minimum atomic E-state index is -4.62. The summed E-state index contributed by atoms with van der Waals surface area (Å²) in [5.74, 6) is -4.49. The van der Waals surface area contributed by atoms with Gasteiger partial charge in [-0.05, 0) is 18.2 Å². The quantitative estimate of drug-likeness (QED) is 0.616. The summed E-state index contributed by atoms with van der Waals surface area (Å²) < 4.78 is 58.7. The van der Waals surface area contributed by atoms with Crippen LogP contribution in [0.25, 0.3) is 0 Å². The Kier molecular flexibility index (Phi) is 5.24. The minimum Gasteiger partial charge on any atom is -0.492 e. The van der Waals surface area contributed by atoms with Gasteiger partial charge in [0, 0.05) is 26.6 Å². The second-order valence-corrected chi connectivity index (χ2v) is 6.69. The number of ether oxygens (including phenoxy) is 1. The summed E-state index contributed by atoms with van der Waals surface area (Å²) in [6.45, 7) is 0.0194. The molecule has 0 spiro atoms. The smallest absolute Gasteiger partial charge is 0.433 e. The van der Waals surface area contributed by atoms with Gasteiger partial charge in [-0.3, -0.25) is 14.3 Å². The maximum Gasteiger partial charge on any atom is 0.433 e. The van der Waals surface area contributed by atoms with E-state index < -0.39 is 41.3 Å². The number of halogens is 4. The van der Waals surface area contributed by atoms with Gasteiger partial charge < -0.3 is 15.0 Å². The van der Waals surface area contributed by atoms with E-state index in [1.165, 1.54) is 31.2 Å². The van der Waals surface area contributed by atoms with Crippen molar-refractivity contribution in [2.45, 2.75) is 12.1 Å². The van der Waals surface area contributed by atoms with E-state index in [4.69, 9.17) is 4.74 Å². The summed E-state index contributed by atoms with van der Waals surface area (Å²) >= 11 is 0. The Morgan fingerprint density at radius 3 is 2.59 bits per heavy atom. The molecule has 2 amide bonds. The fraction of sp³-hybridized carbons (Fsp3) is 0.389. The largest absolute Gasteiger partial charge is 0.492 e. The molecule has 2 atom stereocenters. The third-order valence-electron chi connectivity index (χ3n) is 4.80. The molecule has 1 aromatic carbocycles. The molecule has 3 rings (SSSR count). The summed E-state index contributed by atoms with van der Waals surface area (Å²) in [7, 11) is 3.80. The first-order chi connectivity index (χ1) is 13.5. The molecule has 0 radical (unpaired) electrons. The number of carbonyl (C=O) groups is 2. The molecular weight excluding hydrogens is 396 g/mol. The van der Waals surface area contributed by atoms with Gasteiger partial charge in [0.25, 0.3) is 0 Å². The number of aryl methyl sites for hydroxylation is 1. The van der Waals surface area contributed by atoms with Crippen molar-refractivity contribution in [1.82, 2.24) is 14.7 Å². The van der Waals surface area contributed by atoms with Gasteiger partial charge in [0.05, 0.1) is 18.5 Å². The van der Waals surface area contributed by atoms with Crippen LogP contribution in [-0.2, 0) is 22.8 Å². The highest BCUT2D eigenvalue weighted by Gasteiger charge is 2.47. The van der Waals surface area contributed by atoms with E-state index in [1.807, 2.05) is 0 Å². The van der Waals surface area contributed by atoms with E-state index in [0.717, 1.165) is 19.2 Å². The van der Waals surface area contributed by atoms with E-state index in [2.05, 4.69) is 10.4 Å². The van der Waals surface area contributed by atoms with Crippen LogP contribution in [0, 0.1) is 11.7 Å². The molecule has 1 aliphatic heterocycles. The topological polar surface area (TPSA) is 76.5 Å². The number of anilines is 1. The van der Waals surface area contributed by atoms with Gasteiger partial charge in [0.1, 0.15) is 11.6 Å². The van der Waals surface area contributed by atoms with E-state index in [0.29, 0.717) is 4.68 Å². The summed E-state index contributed by atoms with van der Waals surface area (Å²) in [4.78, 5) is 26.6. The summed E-state index contributed by atoms with van der Waals surface area (Å²) in [5.41, 5.74) is -1.00. The normalized spacial score (nSPS) is 19.6. The van der Waals surface area contributed by atoms with Crippen LogP contribution in [0.4, 0.5) is 23.2 Å². The fourth-order valence-corrected chi connectivity index (χ4v) is 3.42. The Morgan fingerprint density at radius 2 is 2.00 bits per heavy atom. The van der Waals surface area contributed by atoms with Gasteiger partial charge in [0.2, 0.25) is 11.8 Å². The number of hydrogen-bond donors (Lipinski definition) is 1. The Balaban J connectivity index is 1.93. The highest BCUT2D eigenvalue weighted by molar-refractivity contribution is 6.08. The molecule has 2 heterocycles. The maximum atomic E-state index is 13.8. The molecule has 2 aromatic rings. The van der Waals surface area contributed by atoms with Gasteiger partial charge in [-0.1, -0.05) is 6.07 Å². The fourth-order valence-electron chi connectivity index (χ4n) is 3.42. The summed E-state index contributed by atoms with van der Waals surface area (Å²) in [5, 5.41) is 6.31. The number of likely N-dealkylation sites (tertiary alicyclic amines) is 1. The van der Waals surface area contributed by atoms with Crippen LogP contribution in [-0.4, -0.2) is 47.2 Å². The van der Waals surface area contributed by atoms with Gasteiger partial charge in [-0.2, -0.15) is 18.3 Å². The Hall–Kier alpha value is -3.11. The van der Waals surface area contributed by atoms with Gasteiger partial charge in [-0.25, -0.2) is 4.39 Å². The number of methoxy groups -OCH3 is 1. The molecule has 7 nitrogen and oxygen atoms in total. The van der Waals surface area contributed by atoms with Crippen LogP contribution in [0.1, 0.15) is 17.3 Å². The zero-order valence-electron chi connectivity index (χ0n) is 15.7. The molecule has 0 aliphatic carbocycles.